The molecule has 3 rings (SSSR count). The number of carbonyl (C=O) groups is 1. The standard InChI is InChI=1S/C18H26N6O3/c1-11(2)24-10-21-16(23-24)26-14-6-12(7-14)13-8-19-15(20-9-13)22-17(25)27-18(3,4)5/h8-12,14H,6-7H2,1-5H3,(H,19,20,22,25). The van der Waals surface area contributed by atoms with Crippen molar-refractivity contribution in [1.82, 2.24) is 24.7 Å². The SMILES string of the molecule is CC(C)n1cnc(OC2CC(c3cnc(NC(=O)OC(C)(C)C)nc3)C2)n1. The number of nitrogens with zero attached hydrogens (tertiary/aromatic N) is 5. The van der Waals surface area contributed by atoms with Crippen LogP contribution < -0.4 is 10.1 Å². The number of hydrogen-bond acceptors (Lipinski definition) is 7. The number of amides is 1. The molecule has 0 bridgehead atoms. The Hall–Kier alpha value is -2.71. The first-order valence-electron chi connectivity index (χ1n) is 9.09. The molecule has 1 aliphatic rings. The van der Waals surface area contributed by atoms with Crippen molar-refractivity contribution in [2.75, 3.05) is 5.32 Å². The Morgan fingerprint density at radius 2 is 1.89 bits per heavy atom. The van der Waals surface area contributed by atoms with E-state index in [9.17, 15) is 4.79 Å². The van der Waals surface area contributed by atoms with Crippen LogP contribution in [0.5, 0.6) is 6.01 Å². The summed E-state index contributed by atoms with van der Waals surface area (Å²) in [6, 6.07) is 0.675. The van der Waals surface area contributed by atoms with Crippen LogP contribution in [0.1, 0.15) is 65.0 Å². The van der Waals surface area contributed by atoms with Gasteiger partial charge in [0.2, 0.25) is 5.95 Å². The molecule has 27 heavy (non-hydrogen) atoms. The van der Waals surface area contributed by atoms with Crippen molar-refractivity contribution in [3.63, 3.8) is 0 Å². The minimum atomic E-state index is -0.569. The van der Waals surface area contributed by atoms with Crippen LogP contribution in [0.25, 0.3) is 0 Å². The van der Waals surface area contributed by atoms with E-state index < -0.39 is 11.7 Å². The highest BCUT2D eigenvalue weighted by molar-refractivity contribution is 5.82. The molecule has 0 aromatic carbocycles. The van der Waals surface area contributed by atoms with E-state index in [1.807, 2.05) is 13.8 Å². The van der Waals surface area contributed by atoms with Gasteiger partial charge in [-0.3, -0.25) is 5.32 Å². The molecular formula is C18H26N6O3. The van der Waals surface area contributed by atoms with Crippen molar-refractivity contribution in [3.05, 3.63) is 24.3 Å². The maximum atomic E-state index is 11.7. The van der Waals surface area contributed by atoms with Gasteiger partial charge in [-0.25, -0.2) is 19.4 Å². The number of anilines is 1. The lowest BCUT2D eigenvalue weighted by molar-refractivity contribution is 0.0634. The molecule has 2 aromatic heterocycles. The molecule has 0 spiro atoms. The molecule has 1 aliphatic carbocycles. The van der Waals surface area contributed by atoms with Gasteiger partial charge in [0.1, 0.15) is 18.0 Å². The monoisotopic (exact) mass is 374 g/mol. The Morgan fingerprint density at radius 1 is 1.22 bits per heavy atom. The molecule has 1 saturated carbocycles. The Bertz CT molecular complexity index is 775. The zero-order valence-electron chi connectivity index (χ0n) is 16.3. The smallest absolute Gasteiger partial charge is 0.414 e. The highest BCUT2D eigenvalue weighted by Gasteiger charge is 2.33. The van der Waals surface area contributed by atoms with Gasteiger partial charge < -0.3 is 9.47 Å². The normalized spacial score (nSPS) is 19.5. The second-order valence-corrected chi connectivity index (χ2v) is 7.98. The third-order valence-electron chi connectivity index (χ3n) is 4.14. The summed E-state index contributed by atoms with van der Waals surface area (Å²) in [7, 11) is 0. The molecule has 0 unspecified atom stereocenters. The van der Waals surface area contributed by atoms with Gasteiger partial charge >= 0.3 is 12.1 Å². The topological polar surface area (TPSA) is 104 Å². The van der Waals surface area contributed by atoms with Crippen molar-refractivity contribution in [1.29, 1.82) is 0 Å². The zero-order chi connectivity index (χ0) is 19.6. The fraction of sp³-hybridized carbons (Fsp3) is 0.611. The van der Waals surface area contributed by atoms with Crippen LogP contribution in [0.4, 0.5) is 10.7 Å². The van der Waals surface area contributed by atoms with E-state index in [2.05, 4.69) is 25.4 Å². The Balaban J connectivity index is 1.47. The molecular weight excluding hydrogens is 348 g/mol. The van der Waals surface area contributed by atoms with E-state index in [-0.39, 0.29) is 18.1 Å². The molecule has 0 saturated heterocycles. The Labute approximate surface area is 158 Å². The second kappa shape index (κ2) is 7.50. The predicted molar refractivity (Wildman–Crippen MR) is 98.7 cm³/mol. The quantitative estimate of drug-likeness (QED) is 0.856. The lowest BCUT2D eigenvalue weighted by atomic mass is 9.78. The lowest BCUT2D eigenvalue weighted by Crippen LogP contribution is -2.33. The van der Waals surface area contributed by atoms with Crippen molar-refractivity contribution in [2.24, 2.45) is 0 Å². The van der Waals surface area contributed by atoms with Crippen LogP contribution >= 0.6 is 0 Å². The molecule has 0 radical (unpaired) electrons. The van der Waals surface area contributed by atoms with Crippen molar-refractivity contribution >= 4 is 12.0 Å². The first kappa shape index (κ1) is 19.1. The van der Waals surface area contributed by atoms with Crippen LogP contribution in [0.15, 0.2) is 18.7 Å². The highest BCUT2D eigenvalue weighted by atomic mass is 16.6. The number of carbonyl (C=O) groups excluding carboxylic acids is 1. The summed E-state index contributed by atoms with van der Waals surface area (Å²) >= 11 is 0. The van der Waals surface area contributed by atoms with Gasteiger partial charge in [-0.1, -0.05) is 0 Å². The summed E-state index contributed by atoms with van der Waals surface area (Å²) in [6.45, 7) is 9.48. The number of aromatic nitrogens is 5. The average Bonchev–Trinajstić information content (AvgIpc) is 2.98. The van der Waals surface area contributed by atoms with Gasteiger partial charge in [0.05, 0.1) is 0 Å². The third kappa shape index (κ3) is 5.15. The van der Waals surface area contributed by atoms with Gasteiger partial charge in [-0.2, -0.15) is 4.98 Å². The van der Waals surface area contributed by atoms with Gasteiger partial charge in [-0.05, 0) is 58.9 Å². The molecule has 1 N–H and O–H groups in total. The van der Waals surface area contributed by atoms with E-state index in [4.69, 9.17) is 9.47 Å². The summed E-state index contributed by atoms with van der Waals surface area (Å²) in [4.78, 5) is 24.3. The van der Waals surface area contributed by atoms with E-state index in [1.54, 1.807) is 44.2 Å². The van der Waals surface area contributed by atoms with Crippen molar-refractivity contribution in [3.8, 4) is 6.01 Å². The van der Waals surface area contributed by atoms with Crippen LogP contribution in [0.2, 0.25) is 0 Å². The molecule has 9 heteroatoms. The molecule has 1 fully saturated rings. The maximum absolute atomic E-state index is 11.7. The van der Waals surface area contributed by atoms with Crippen LogP contribution in [0.3, 0.4) is 0 Å². The number of nitrogens with one attached hydrogen (secondary N) is 1. The summed E-state index contributed by atoms with van der Waals surface area (Å²) in [5.74, 6) is 0.557. The first-order valence-corrected chi connectivity index (χ1v) is 9.09. The maximum Gasteiger partial charge on any atom is 0.414 e. The summed E-state index contributed by atoms with van der Waals surface area (Å²) in [5.41, 5.74) is 0.454. The van der Waals surface area contributed by atoms with Crippen LogP contribution in [-0.4, -0.2) is 42.5 Å². The Kier molecular flexibility index (Phi) is 5.29. The molecule has 146 valence electrons. The minimum absolute atomic E-state index is 0.0950. The van der Waals surface area contributed by atoms with Crippen molar-refractivity contribution < 1.29 is 14.3 Å². The average molecular weight is 374 g/mol. The van der Waals surface area contributed by atoms with E-state index in [0.29, 0.717) is 11.9 Å². The van der Waals surface area contributed by atoms with Crippen LogP contribution in [-0.2, 0) is 4.74 Å². The zero-order valence-corrected chi connectivity index (χ0v) is 16.3. The molecule has 2 heterocycles. The fourth-order valence-electron chi connectivity index (χ4n) is 2.65. The van der Waals surface area contributed by atoms with Gasteiger partial charge in [0, 0.05) is 18.4 Å². The van der Waals surface area contributed by atoms with Gasteiger partial charge in [-0.15, -0.1) is 5.10 Å². The third-order valence-corrected chi connectivity index (χ3v) is 4.14. The highest BCUT2D eigenvalue weighted by Crippen LogP contribution is 2.38. The van der Waals surface area contributed by atoms with Crippen LogP contribution in [0, 0.1) is 0 Å². The number of hydrogen-bond donors (Lipinski definition) is 1. The lowest BCUT2D eigenvalue weighted by Gasteiger charge is -2.34. The molecule has 9 nitrogen and oxygen atoms in total. The number of rotatable bonds is 5. The van der Waals surface area contributed by atoms with Gasteiger partial charge in [0.15, 0.2) is 0 Å². The minimum Gasteiger partial charge on any atom is -0.459 e. The molecule has 1 amide bonds. The van der Waals surface area contributed by atoms with Crippen molar-refractivity contribution in [2.45, 2.75) is 71.1 Å². The summed E-state index contributed by atoms with van der Waals surface area (Å²) in [5, 5.41) is 6.83. The predicted octanol–water partition coefficient (Wildman–Crippen LogP) is 3.32. The van der Waals surface area contributed by atoms with Gasteiger partial charge in [0.25, 0.3) is 0 Å². The molecule has 0 aliphatic heterocycles. The van der Waals surface area contributed by atoms with E-state index >= 15 is 0 Å². The molecule has 2 aromatic rings. The fourth-order valence-corrected chi connectivity index (χ4v) is 2.65. The summed E-state index contributed by atoms with van der Waals surface area (Å²) < 4.78 is 12.8. The first-order chi connectivity index (χ1) is 12.7. The Morgan fingerprint density at radius 3 is 2.44 bits per heavy atom. The van der Waals surface area contributed by atoms with E-state index in [0.717, 1.165) is 18.4 Å². The number of ether oxygens (including phenoxy) is 2. The second-order valence-electron chi connectivity index (χ2n) is 7.98. The summed E-state index contributed by atoms with van der Waals surface area (Å²) in [6.07, 6.45) is 6.38. The van der Waals surface area contributed by atoms with E-state index in [1.165, 1.54) is 0 Å². The largest absolute Gasteiger partial charge is 0.459 e. The molecule has 0 atom stereocenters.